The van der Waals surface area contributed by atoms with E-state index in [9.17, 15) is 0 Å². The maximum Gasteiger partial charge on any atom is 0.137 e. The summed E-state index contributed by atoms with van der Waals surface area (Å²) in [5.41, 5.74) is 1.15. The van der Waals surface area contributed by atoms with Crippen LogP contribution in [0.3, 0.4) is 0 Å². The van der Waals surface area contributed by atoms with Gasteiger partial charge in [-0.3, -0.25) is 5.10 Å². The SMILES string of the molecule is Oc1ccc(CNCCc2ncn[nH]2)cc1. The molecule has 0 saturated carbocycles. The third-order valence-corrected chi connectivity index (χ3v) is 2.27. The van der Waals surface area contributed by atoms with E-state index in [0.29, 0.717) is 5.75 Å². The zero-order chi connectivity index (χ0) is 11.2. The van der Waals surface area contributed by atoms with E-state index in [1.807, 2.05) is 12.1 Å². The lowest BCUT2D eigenvalue weighted by atomic mass is 10.2. The molecule has 0 aliphatic carbocycles. The second-order valence-electron chi connectivity index (χ2n) is 3.53. The van der Waals surface area contributed by atoms with Gasteiger partial charge in [-0.25, -0.2) is 4.98 Å². The van der Waals surface area contributed by atoms with E-state index >= 15 is 0 Å². The van der Waals surface area contributed by atoms with Crippen LogP contribution >= 0.6 is 0 Å². The van der Waals surface area contributed by atoms with Gasteiger partial charge in [0.25, 0.3) is 0 Å². The maximum absolute atomic E-state index is 9.11. The van der Waals surface area contributed by atoms with Gasteiger partial charge in [-0.1, -0.05) is 12.1 Å². The minimum absolute atomic E-state index is 0.297. The van der Waals surface area contributed by atoms with E-state index in [-0.39, 0.29) is 0 Å². The van der Waals surface area contributed by atoms with Crippen molar-refractivity contribution in [1.82, 2.24) is 20.5 Å². The molecular weight excluding hydrogens is 204 g/mol. The summed E-state index contributed by atoms with van der Waals surface area (Å²) in [6, 6.07) is 7.18. The van der Waals surface area contributed by atoms with E-state index in [0.717, 1.165) is 30.9 Å². The Labute approximate surface area is 93.5 Å². The number of benzene rings is 1. The molecule has 0 unspecified atom stereocenters. The van der Waals surface area contributed by atoms with Gasteiger partial charge in [0.2, 0.25) is 0 Å². The number of H-pyrrole nitrogens is 1. The van der Waals surface area contributed by atoms with Gasteiger partial charge in [0, 0.05) is 19.5 Å². The summed E-state index contributed by atoms with van der Waals surface area (Å²) in [5, 5.41) is 19.0. The molecule has 0 atom stereocenters. The van der Waals surface area contributed by atoms with Crippen LogP contribution in [0.2, 0.25) is 0 Å². The summed E-state index contributed by atoms with van der Waals surface area (Å²) in [6.45, 7) is 1.63. The topological polar surface area (TPSA) is 73.8 Å². The number of aromatic hydroxyl groups is 1. The van der Waals surface area contributed by atoms with Crippen LogP contribution in [0.15, 0.2) is 30.6 Å². The van der Waals surface area contributed by atoms with Gasteiger partial charge >= 0.3 is 0 Å². The highest BCUT2D eigenvalue weighted by atomic mass is 16.3. The fourth-order valence-corrected chi connectivity index (χ4v) is 1.40. The largest absolute Gasteiger partial charge is 0.508 e. The molecule has 2 rings (SSSR count). The number of nitrogens with zero attached hydrogens (tertiary/aromatic N) is 2. The van der Waals surface area contributed by atoms with Crippen molar-refractivity contribution < 1.29 is 5.11 Å². The number of aromatic amines is 1. The molecule has 16 heavy (non-hydrogen) atoms. The number of phenols is 1. The van der Waals surface area contributed by atoms with Gasteiger partial charge in [0.1, 0.15) is 17.9 Å². The van der Waals surface area contributed by atoms with E-state index in [1.54, 1.807) is 12.1 Å². The van der Waals surface area contributed by atoms with Crippen molar-refractivity contribution in [3.05, 3.63) is 42.0 Å². The number of phenolic OH excluding ortho intramolecular Hbond substituents is 1. The first kappa shape index (κ1) is 10.6. The van der Waals surface area contributed by atoms with Gasteiger partial charge in [-0.2, -0.15) is 5.10 Å². The molecule has 84 valence electrons. The Morgan fingerprint density at radius 1 is 1.25 bits per heavy atom. The standard InChI is InChI=1S/C11H14N4O/c16-10-3-1-9(2-4-10)7-12-6-5-11-13-8-14-15-11/h1-4,8,12,16H,5-7H2,(H,13,14,15). The number of nitrogens with one attached hydrogen (secondary N) is 2. The van der Waals surface area contributed by atoms with Crippen LogP contribution in [0, 0.1) is 0 Å². The van der Waals surface area contributed by atoms with Crippen molar-refractivity contribution in [3.63, 3.8) is 0 Å². The zero-order valence-electron chi connectivity index (χ0n) is 8.85. The molecule has 0 saturated heterocycles. The molecule has 0 amide bonds. The lowest BCUT2D eigenvalue weighted by Crippen LogP contribution is -2.17. The number of hydrogen-bond acceptors (Lipinski definition) is 4. The normalized spacial score (nSPS) is 10.5. The Balaban J connectivity index is 1.70. The van der Waals surface area contributed by atoms with Crippen LogP contribution in [-0.2, 0) is 13.0 Å². The Kier molecular flexibility index (Phi) is 3.50. The smallest absolute Gasteiger partial charge is 0.137 e. The number of rotatable bonds is 5. The molecule has 0 fully saturated rings. The zero-order valence-corrected chi connectivity index (χ0v) is 8.85. The fraction of sp³-hybridized carbons (Fsp3) is 0.273. The van der Waals surface area contributed by atoms with Crippen LogP contribution in [0.25, 0.3) is 0 Å². The minimum Gasteiger partial charge on any atom is -0.508 e. The van der Waals surface area contributed by atoms with Crippen LogP contribution < -0.4 is 5.32 Å². The Morgan fingerprint density at radius 3 is 2.75 bits per heavy atom. The van der Waals surface area contributed by atoms with Crippen molar-refractivity contribution in [2.45, 2.75) is 13.0 Å². The molecule has 1 aromatic heterocycles. The lowest BCUT2D eigenvalue weighted by molar-refractivity contribution is 0.475. The van der Waals surface area contributed by atoms with Crippen LogP contribution in [0.1, 0.15) is 11.4 Å². The Hall–Kier alpha value is -1.88. The summed E-state index contributed by atoms with van der Waals surface area (Å²) < 4.78 is 0. The first-order valence-corrected chi connectivity index (χ1v) is 5.17. The van der Waals surface area contributed by atoms with Crippen molar-refractivity contribution in [2.24, 2.45) is 0 Å². The van der Waals surface area contributed by atoms with Crippen LogP contribution in [0.5, 0.6) is 5.75 Å². The predicted octanol–water partition coefficient (Wildman–Crippen LogP) is 0.843. The first-order valence-electron chi connectivity index (χ1n) is 5.17. The Morgan fingerprint density at radius 2 is 2.06 bits per heavy atom. The maximum atomic E-state index is 9.11. The lowest BCUT2D eigenvalue weighted by Gasteiger charge is -2.03. The molecule has 1 aromatic carbocycles. The van der Waals surface area contributed by atoms with Crippen LogP contribution in [-0.4, -0.2) is 26.8 Å². The summed E-state index contributed by atoms with van der Waals surface area (Å²) >= 11 is 0. The summed E-state index contributed by atoms with van der Waals surface area (Å²) in [4.78, 5) is 4.03. The van der Waals surface area contributed by atoms with Crippen LogP contribution in [0.4, 0.5) is 0 Å². The highest BCUT2D eigenvalue weighted by Crippen LogP contribution is 2.08. The van der Waals surface area contributed by atoms with E-state index in [1.165, 1.54) is 6.33 Å². The van der Waals surface area contributed by atoms with Crippen molar-refractivity contribution in [1.29, 1.82) is 0 Å². The molecule has 3 N–H and O–H groups in total. The van der Waals surface area contributed by atoms with Crippen molar-refractivity contribution in [2.75, 3.05) is 6.54 Å². The van der Waals surface area contributed by atoms with E-state index < -0.39 is 0 Å². The van der Waals surface area contributed by atoms with E-state index in [2.05, 4.69) is 20.5 Å². The summed E-state index contributed by atoms with van der Waals surface area (Å²) in [6.07, 6.45) is 2.34. The molecule has 5 nitrogen and oxygen atoms in total. The molecule has 0 bridgehead atoms. The second-order valence-corrected chi connectivity index (χ2v) is 3.53. The van der Waals surface area contributed by atoms with Gasteiger partial charge in [-0.05, 0) is 17.7 Å². The first-order chi connectivity index (χ1) is 7.84. The average molecular weight is 218 g/mol. The third-order valence-electron chi connectivity index (χ3n) is 2.27. The highest BCUT2D eigenvalue weighted by molar-refractivity contribution is 5.25. The second kappa shape index (κ2) is 5.27. The monoisotopic (exact) mass is 218 g/mol. The highest BCUT2D eigenvalue weighted by Gasteiger charge is 1.96. The Bertz CT molecular complexity index is 410. The summed E-state index contributed by atoms with van der Waals surface area (Å²) in [7, 11) is 0. The van der Waals surface area contributed by atoms with Gasteiger partial charge in [-0.15, -0.1) is 0 Å². The van der Waals surface area contributed by atoms with Crippen molar-refractivity contribution in [3.8, 4) is 5.75 Å². The molecule has 1 heterocycles. The predicted molar refractivity (Wildman–Crippen MR) is 59.9 cm³/mol. The quantitative estimate of drug-likeness (QED) is 0.650. The molecule has 5 heteroatoms. The van der Waals surface area contributed by atoms with E-state index in [4.69, 9.17) is 5.11 Å². The molecule has 2 aromatic rings. The average Bonchev–Trinajstić information content (AvgIpc) is 2.80. The van der Waals surface area contributed by atoms with Crippen molar-refractivity contribution >= 4 is 0 Å². The molecule has 0 aliphatic heterocycles. The van der Waals surface area contributed by atoms with Gasteiger partial charge in [0.15, 0.2) is 0 Å². The number of hydrogen-bond donors (Lipinski definition) is 3. The molecule has 0 aliphatic rings. The summed E-state index contributed by atoms with van der Waals surface area (Å²) in [5.74, 6) is 1.18. The molecule has 0 radical (unpaired) electrons. The number of aromatic nitrogens is 3. The minimum atomic E-state index is 0.297. The van der Waals surface area contributed by atoms with Gasteiger partial charge < -0.3 is 10.4 Å². The van der Waals surface area contributed by atoms with Gasteiger partial charge in [0.05, 0.1) is 0 Å². The molecular formula is C11H14N4O. The fourth-order valence-electron chi connectivity index (χ4n) is 1.40. The molecule has 0 spiro atoms. The third kappa shape index (κ3) is 3.06.